The van der Waals surface area contributed by atoms with Crippen molar-refractivity contribution in [1.82, 2.24) is 25.5 Å². The van der Waals surface area contributed by atoms with Gasteiger partial charge < -0.3 is 20.7 Å². The Balaban J connectivity index is 1.76. The van der Waals surface area contributed by atoms with Gasteiger partial charge in [-0.15, -0.1) is 10.2 Å². The van der Waals surface area contributed by atoms with Gasteiger partial charge in [-0.05, 0) is 38.8 Å². The first-order valence-electron chi connectivity index (χ1n) is 8.56. The van der Waals surface area contributed by atoms with E-state index in [0.29, 0.717) is 23.4 Å². The van der Waals surface area contributed by atoms with Gasteiger partial charge in [-0.25, -0.2) is 9.97 Å². The van der Waals surface area contributed by atoms with Gasteiger partial charge in [-0.2, -0.15) is 5.26 Å². The Bertz CT molecular complexity index is 781. The van der Waals surface area contributed by atoms with Gasteiger partial charge >= 0.3 is 0 Å². The zero-order valence-corrected chi connectivity index (χ0v) is 14.9. The molecule has 0 aliphatic carbocycles. The Labute approximate surface area is 152 Å². The number of nitrogens with zero attached hydrogens (tertiary/aromatic N) is 5. The summed E-state index contributed by atoms with van der Waals surface area (Å²) in [5.41, 5.74) is 1.96. The summed E-state index contributed by atoms with van der Waals surface area (Å²) >= 11 is 0. The molecule has 3 N–H and O–H groups in total. The molecule has 1 fully saturated rings. The van der Waals surface area contributed by atoms with Gasteiger partial charge in [0, 0.05) is 12.1 Å². The lowest BCUT2D eigenvalue weighted by Crippen LogP contribution is -2.33. The van der Waals surface area contributed by atoms with E-state index in [1.807, 2.05) is 13.0 Å². The highest BCUT2D eigenvalue weighted by Crippen LogP contribution is 2.30. The van der Waals surface area contributed by atoms with E-state index < -0.39 is 0 Å². The fourth-order valence-corrected chi connectivity index (χ4v) is 2.89. The molecule has 3 rings (SSSR count). The zero-order chi connectivity index (χ0) is 18.4. The molecule has 26 heavy (non-hydrogen) atoms. The van der Waals surface area contributed by atoms with Gasteiger partial charge in [-0.1, -0.05) is 0 Å². The van der Waals surface area contributed by atoms with Crippen molar-refractivity contribution < 1.29 is 4.74 Å². The minimum Gasteiger partial charge on any atom is -0.478 e. The van der Waals surface area contributed by atoms with Crippen molar-refractivity contribution in [3.8, 4) is 11.9 Å². The van der Waals surface area contributed by atoms with E-state index in [1.54, 1.807) is 7.11 Å². The Morgan fingerprint density at radius 3 is 2.88 bits per heavy atom. The first kappa shape index (κ1) is 17.8. The highest BCUT2D eigenvalue weighted by atomic mass is 16.5. The van der Waals surface area contributed by atoms with Crippen LogP contribution in [0.4, 0.5) is 17.3 Å². The summed E-state index contributed by atoms with van der Waals surface area (Å²) in [6, 6.07) is 1.94. The topological polar surface area (TPSA) is 121 Å². The van der Waals surface area contributed by atoms with Crippen LogP contribution in [0.15, 0.2) is 12.4 Å². The second kappa shape index (κ2) is 8.40. The van der Waals surface area contributed by atoms with Crippen molar-refractivity contribution in [3.63, 3.8) is 0 Å². The molecule has 0 aromatic carbocycles. The molecule has 136 valence electrons. The summed E-state index contributed by atoms with van der Waals surface area (Å²) in [6.07, 6.45) is 5.29. The van der Waals surface area contributed by atoms with Gasteiger partial charge in [0.25, 0.3) is 5.88 Å². The van der Waals surface area contributed by atoms with E-state index in [0.717, 1.165) is 30.9 Å². The molecule has 2 aromatic rings. The van der Waals surface area contributed by atoms with Crippen LogP contribution in [0.1, 0.15) is 24.1 Å². The maximum absolute atomic E-state index is 8.80. The predicted molar refractivity (Wildman–Crippen MR) is 97.4 cm³/mol. The van der Waals surface area contributed by atoms with Crippen LogP contribution in [-0.2, 0) is 0 Å². The highest BCUT2D eigenvalue weighted by molar-refractivity contribution is 5.68. The first-order chi connectivity index (χ1) is 12.7. The number of piperidine rings is 1. The molecule has 0 radical (unpaired) electrons. The molecule has 9 heteroatoms. The molecule has 1 aliphatic rings. The van der Waals surface area contributed by atoms with Crippen molar-refractivity contribution >= 4 is 17.3 Å². The average molecular weight is 354 g/mol. The number of rotatable bonds is 6. The van der Waals surface area contributed by atoms with E-state index in [-0.39, 0.29) is 5.69 Å². The number of nitriles is 1. The molecule has 2 aromatic heterocycles. The van der Waals surface area contributed by atoms with Gasteiger partial charge in [0.1, 0.15) is 17.6 Å². The first-order valence-corrected chi connectivity index (χ1v) is 8.56. The molecule has 1 saturated heterocycles. The van der Waals surface area contributed by atoms with Crippen LogP contribution in [0.3, 0.4) is 0 Å². The van der Waals surface area contributed by atoms with Crippen molar-refractivity contribution in [2.45, 2.75) is 19.8 Å². The Hall–Kier alpha value is -2.99. The summed E-state index contributed by atoms with van der Waals surface area (Å²) in [5.74, 6) is 2.09. The summed E-state index contributed by atoms with van der Waals surface area (Å²) in [4.78, 5) is 8.15. The molecule has 3 heterocycles. The van der Waals surface area contributed by atoms with E-state index >= 15 is 0 Å². The summed E-state index contributed by atoms with van der Waals surface area (Å²) in [5, 5.41) is 27.1. The highest BCUT2D eigenvalue weighted by Gasteiger charge is 2.18. The molecule has 0 saturated carbocycles. The Morgan fingerprint density at radius 1 is 1.35 bits per heavy atom. The third kappa shape index (κ3) is 4.15. The lowest BCUT2D eigenvalue weighted by Gasteiger charge is -2.24. The van der Waals surface area contributed by atoms with Crippen LogP contribution in [0, 0.1) is 24.2 Å². The Morgan fingerprint density at radius 2 is 2.23 bits per heavy atom. The van der Waals surface area contributed by atoms with Crippen molar-refractivity contribution in [3.05, 3.63) is 23.7 Å². The van der Waals surface area contributed by atoms with Crippen LogP contribution >= 0.6 is 0 Å². The quantitative estimate of drug-likeness (QED) is 0.710. The lowest BCUT2D eigenvalue weighted by atomic mass is 9.99. The van der Waals surface area contributed by atoms with E-state index in [2.05, 4.69) is 36.1 Å². The monoisotopic (exact) mass is 354 g/mol. The molecule has 0 spiro atoms. The number of aromatic nitrogens is 4. The van der Waals surface area contributed by atoms with Gasteiger partial charge in [0.15, 0.2) is 11.5 Å². The van der Waals surface area contributed by atoms with Crippen LogP contribution in [-0.4, -0.2) is 46.9 Å². The number of ether oxygens (including phenoxy) is 1. The van der Waals surface area contributed by atoms with Gasteiger partial charge in [0.2, 0.25) is 0 Å². The molecule has 0 amide bonds. The fraction of sp³-hybridized carbons (Fsp3) is 0.471. The largest absolute Gasteiger partial charge is 0.478 e. The minimum atomic E-state index is 0.261. The molecule has 1 aliphatic heterocycles. The molecule has 0 bridgehead atoms. The summed E-state index contributed by atoms with van der Waals surface area (Å²) < 4.78 is 5.36. The van der Waals surface area contributed by atoms with Crippen molar-refractivity contribution in [1.29, 1.82) is 5.26 Å². The fourth-order valence-electron chi connectivity index (χ4n) is 2.89. The number of anilines is 3. The van der Waals surface area contributed by atoms with Crippen LogP contribution in [0.2, 0.25) is 0 Å². The molecule has 9 nitrogen and oxygen atoms in total. The Kier molecular flexibility index (Phi) is 5.76. The van der Waals surface area contributed by atoms with E-state index in [9.17, 15) is 0 Å². The normalized spacial score (nSPS) is 16.6. The van der Waals surface area contributed by atoms with Crippen molar-refractivity contribution in [2.24, 2.45) is 5.92 Å². The van der Waals surface area contributed by atoms with E-state index in [1.165, 1.54) is 25.2 Å². The maximum Gasteiger partial charge on any atom is 0.257 e. The summed E-state index contributed by atoms with van der Waals surface area (Å²) in [6.45, 7) is 4.89. The van der Waals surface area contributed by atoms with Crippen LogP contribution in [0.5, 0.6) is 5.88 Å². The van der Waals surface area contributed by atoms with Crippen molar-refractivity contribution in [2.75, 3.05) is 37.4 Å². The number of hydrogen-bond donors (Lipinski definition) is 3. The minimum absolute atomic E-state index is 0.261. The third-order valence-electron chi connectivity index (χ3n) is 4.36. The van der Waals surface area contributed by atoms with Crippen LogP contribution in [0.25, 0.3) is 0 Å². The second-order valence-electron chi connectivity index (χ2n) is 6.17. The second-order valence-corrected chi connectivity index (χ2v) is 6.17. The summed E-state index contributed by atoms with van der Waals surface area (Å²) in [7, 11) is 1.58. The van der Waals surface area contributed by atoms with Gasteiger partial charge in [0.05, 0.1) is 19.5 Å². The lowest BCUT2D eigenvalue weighted by molar-refractivity contribution is 0.385. The number of methoxy groups -OCH3 is 1. The number of hydrogen-bond acceptors (Lipinski definition) is 9. The standard InChI is InChI=1S/C17H22N8O/c1-11-15(22-8-12-4-3-5-19-7-12)17(26-2)25-24-16(11)23-14-10-20-13(6-18)9-21-14/h9-10,12,19H,3-5,7-8H2,1-2H3,(H2,21,22,23,24). The average Bonchev–Trinajstić information content (AvgIpc) is 2.70. The third-order valence-corrected chi connectivity index (χ3v) is 4.36. The smallest absolute Gasteiger partial charge is 0.257 e. The SMILES string of the molecule is COc1nnc(Nc2cnc(C#N)cn2)c(C)c1NCC1CCCNC1. The molecular formula is C17H22N8O. The predicted octanol–water partition coefficient (Wildman–Crippen LogP) is 1.61. The maximum atomic E-state index is 8.80. The van der Waals surface area contributed by atoms with Gasteiger partial charge in [-0.3, -0.25) is 0 Å². The zero-order valence-electron chi connectivity index (χ0n) is 14.9. The number of nitrogens with one attached hydrogen (secondary N) is 3. The van der Waals surface area contributed by atoms with Crippen LogP contribution < -0.4 is 20.7 Å². The molecular weight excluding hydrogens is 332 g/mol. The van der Waals surface area contributed by atoms with E-state index in [4.69, 9.17) is 10.00 Å². The molecule has 1 atom stereocenters. The molecule has 1 unspecified atom stereocenters.